The molecule has 10 heteroatoms. The summed E-state index contributed by atoms with van der Waals surface area (Å²) in [5, 5.41) is 0. The maximum absolute atomic E-state index is 14.6. The number of halogens is 9. The standard InChI is InChI=1S/C20H13F9O/c1-19(6-2-3-12(21)18(19)27)10-4-5-11(16(25)15(10)24)20(28,29)30-9-7-13(22)17(26)14(23)8-9/h4-5,7-8H,2-3,6H2,1H3/t19-/m1/s1. The van der Waals surface area contributed by atoms with Crippen LogP contribution in [0.1, 0.15) is 37.3 Å². The third-order valence-electron chi connectivity index (χ3n) is 4.99. The predicted octanol–water partition coefficient (Wildman–Crippen LogP) is 7.10. The Morgan fingerprint density at radius 2 is 1.47 bits per heavy atom. The first kappa shape index (κ1) is 22.0. The highest BCUT2D eigenvalue weighted by Crippen LogP contribution is 2.46. The summed E-state index contributed by atoms with van der Waals surface area (Å²) in [5.74, 6) is -13.2. The lowest BCUT2D eigenvalue weighted by atomic mass is 9.73. The van der Waals surface area contributed by atoms with E-state index in [0.717, 1.165) is 6.92 Å². The molecule has 2 aromatic carbocycles. The van der Waals surface area contributed by atoms with Gasteiger partial charge in [-0.25, -0.2) is 30.7 Å². The van der Waals surface area contributed by atoms with E-state index in [9.17, 15) is 39.5 Å². The van der Waals surface area contributed by atoms with Gasteiger partial charge in [0.1, 0.15) is 23.0 Å². The van der Waals surface area contributed by atoms with Gasteiger partial charge < -0.3 is 4.74 Å². The van der Waals surface area contributed by atoms with E-state index < -0.39 is 69.1 Å². The molecule has 0 radical (unpaired) electrons. The second-order valence-electron chi connectivity index (χ2n) is 7.01. The lowest BCUT2D eigenvalue weighted by Gasteiger charge is -2.33. The summed E-state index contributed by atoms with van der Waals surface area (Å²) in [5.41, 5.74) is -4.23. The Morgan fingerprint density at radius 1 is 0.867 bits per heavy atom. The molecule has 1 aliphatic carbocycles. The number of rotatable bonds is 4. The number of allylic oxidation sites excluding steroid dienone is 2. The monoisotopic (exact) mass is 440 g/mol. The van der Waals surface area contributed by atoms with Gasteiger partial charge in [0.05, 0.1) is 0 Å². The van der Waals surface area contributed by atoms with E-state index in [2.05, 4.69) is 4.74 Å². The molecule has 0 bridgehead atoms. The van der Waals surface area contributed by atoms with Gasteiger partial charge in [-0.3, -0.25) is 0 Å². The molecule has 2 aromatic rings. The smallest absolute Gasteiger partial charge is 0.429 e. The van der Waals surface area contributed by atoms with Crippen molar-refractivity contribution in [2.75, 3.05) is 0 Å². The fourth-order valence-corrected chi connectivity index (χ4v) is 3.36. The van der Waals surface area contributed by atoms with Gasteiger partial charge in [-0.15, -0.1) is 0 Å². The van der Waals surface area contributed by atoms with Gasteiger partial charge in [0, 0.05) is 29.5 Å². The zero-order valence-corrected chi connectivity index (χ0v) is 15.2. The molecule has 0 fully saturated rings. The largest absolute Gasteiger partial charge is 0.429 e. The molecule has 0 heterocycles. The lowest BCUT2D eigenvalue weighted by Crippen LogP contribution is -2.30. The topological polar surface area (TPSA) is 9.23 Å². The van der Waals surface area contributed by atoms with E-state index in [1.165, 1.54) is 0 Å². The van der Waals surface area contributed by atoms with Gasteiger partial charge in [0.15, 0.2) is 29.1 Å². The molecule has 0 saturated carbocycles. The molecule has 162 valence electrons. The van der Waals surface area contributed by atoms with Crippen molar-refractivity contribution in [1.82, 2.24) is 0 Å². The maximum atomic E-state index is 14.6. The Kier molecular flexibility index (Phi) is 5.55. The van der Waals surface area contributed by atoms with Crippen LogP contribution in [-0.4, -0.2) is 0 Å². The van der Waals surface area contributed by atoms with Crippen LogP contribution in [0.4, 0.5) is 39.5 Å². The summed E-state index contributed by atoms with van der Waals surface area (Å²) in [6, 6.07) is 1.26. The molecular weight excluding hydrogens is 427 g/mol. The Balaban J connectivity index is 2.02. The molecule has 1 atom stereocenters. The minimum Gasteiger partial charge on any atom is -0.429 e. The normalized spacial score (nSPS) is 19.9. The van der Waals surface area contributed by atoms with Crippen LogP contribution in [0.15, 0.2) is 35.9 Å². The minimum atomic E-state index is -4.63. The van der Waals surface area contributed by atoms with Gasteiger partial charge in [0.25, 0.3) is 0 Å². The summed E-state index contributed by atoms with van der Waals surface area (Å²) >= 11 is 0. The Morgan fingerprint density at radius 3 is 2.07 bits per heavy atom. The molecule has 0 amide bonds. The molecule has 1 aliphatic rings. The van der Waals surface area contributed by atoms with E-state index in [-0.39, 0.29) is 31.4 Å². The van der Waals surface area contributed by atoms with Gasteiger partial charge in [0.2, 0.25) is 0 Å². The highest BCUT2D eigenvalue weighted by Gasteiger charge is 2.44. The average molecular weight is 440 g/mol. The second kappa shape index (κ2) is 7.55. The summed E-state index contributed by atoms with van der Waals surface area (Å²) in [4.78, 5) is 0. The average Bonchev–Trinajstić information content (AvgIpc) is 2.65. The summed E-state index contributed by atoms with van der Waals surface area (Å²) in [6.07, 6.45) is -4.82. The van der Waals surface area contributed by atoms with E-state index in [1.54, 1.807) is 0 Å². The predicted molar refractivity (Wildman–Crippen MR) is 87.6 cm³/mol. The maximum Gasteiger partial charge on any atom is 0.429 e. The fraction of sp³-hybridized carbons (Fsp3) is 0.300. The van der Waals surface area contributed by atoms with Crippen molar-refractivity contribution in [1.29, 1.82) is 0 Å². The Bertz CT molecular complexity index is 1010. The van der Waals surface area contributed by atoms with Gasteiger partial charge >= 0.3 is 6.11 Å². The van der Waals surface area contributed by atoms with Gasteiger partial charge in [-0.05, 0) is 25.8 Å². The van der Waals surface area contributed by atoms with E-state index in [4.69, 9.17) is 0 Å². The van der Waals surface area contributed by atoms with Gasteiger partial charge in [-0.1, -0.05) is 6.07 Å². The third-order valence-corrected chi connectivity index (χ3v) is 4.99. The van der Waals surface area contributed by atoms with Crippen LogP contribution in [0.25, 0.3) is 0 Å². The first-order valence-electron chi connectivity index (χ1n) is 8.63. The van der Waals surface area contributed by atoms with Crippen LogP contribution < -0.4 is 4.74 Å². The molecule has 0 spiro atoms. The molecule has 0 aliphatic heterocycles. The van der Waals surface area contributed by atoms with Crippen LogP contribution in [-0.2, 0) is 11.5 Å². The number of alkyl halides is 2. The van der Waals surface area contributed by atoms with Crippen LogP contribution >= 0.6 is 0 Å². The van der Waals surface area contributed by atoms with E-state index >= 15 is 0 Å². The molecule has 0 saturated heterocycles. The molecular formula is C20H13F9O. The zero-order chi connectivity index (χ0) is 22.4. The first-order chi connectivity index (χ1) is 13.9. The minimum absolute atomic E-state index is 0.0943. The van der Waals surface area contributed by atoms with Crippen LogP contribution in [0, 0.1) is 29.1 Å². The van der Waals surface area contributed by atoms with Crippen molar-refractivity contribution >= 4 is 0 Å². The highest BCUT2D eigenvalue weighted by atomic mass is 19.3. The number of ether oxygens (including phenoxy) is 1. The van der Waals surface area contributed by atoms with Crippen LogP contribution in [0.3, 0.4) is 0 Å². The molecule has 30 heavy (non-hydrogen) atoms. The molecule has 0 aromatic heterocycles. The van der Waals surface area contributed by atoms with Crippen LogP contribution in [0.5, 0.6) is 5.75 Å². The summed E-state index contributed by atoms with van der Waals surface area (Å²) in [7, 11) is 0. The SMILES string of the molecule is C[C@]1(c2ccc(C(F)(F)Oc3cc(F)c(F)c(F)c3)c(F)c2F)CCCC(F)=C1F. The summed E-state index contributed by atoms with van der Waals surface area (Å²) in [6.45, 7) is 1.11. The van der Waals surface area contributed by atoms with E-state index in [1.807, 2.05) is 0 Å². The van der Waals surface area contributed by atoms with Crippen molar-refractivity contribution in [3.05, 3.63) is 76.1 Å². The van der Waals surface area contributed by atoms with Crippen molar-refractivity contribution < 1.29 is 44.3 Å². The second-order valence-corrected chi connectivity index (χ2v) is 7.01. The molecule has 0 N–H and O–H groups in total. The molecule has 0 unspecified atom stereocenters. The van der Waals surface area contributed by atoms with Crippen LogP contribution in [0.2, 0.25) is 0 Å². The van der Waals surface area contributed by atoms with Crippen molar-refractivity contribution in [3.8, 4) is 5.75 Å². The van der Waals surface area contributed by atoms with Gasteiger partial charge in [-0.2, -0.15) is 8.78 Å². The summed E-state index contributed by atoms with van der Waals surface area (Å²) < 4.78 is 129. The Labute approximate surface area is 164 Å². The molecule has 1 nitrogen and oxygen atoms in total. The number of benzene rings is 2. The molecule has 3 rings (SSSR count). The lowest BCUT2D eigenvalue weighted by molar-refractivity contribution is -0.188. The third kappa shape index (κ3) is 3.63. The van der Waals surface area contributed by atoms with Crippen molar-refractivity contribution in [2.45, 2.75) is 37.7 Å². The highest BCUT2D eigenvalue weighted by molar-refractivity contribution is 5.40. The fourth-order valence-electron chi connectivity index (χ4n) is 3.36. The zero-order valence-electron chi connectivity index (χ0n) is 15.2. The first-order valence-corrected chi connectivity index (χ1v) is 8.63. The number of hydrogen-bond donors (Lipinski definition) is 0. The van der Waals surface area contributed by atoms with Crippen molar-refractivity contribution in [2.24, 2.45) is 0 Å². The number of hydrogen-bond acceptors (Lipinski definition) is 1. The quantitative estimate of drug-likeness (QED) is 0.364. The van der Waals surface area contributed by atoms with Crippen molar-refractivity contribution in [3.63, 3.8) is 0 Å². The van der Waals surface area contributed by atoms with E-state index in [0.29, 0.717) is 12.1 Å². The Hall–Kier alpha value is -2.65.